The molecular formula is C22H26N2O4. The Kier molecular flexibility index (Phi) is 5.28. The fourth-order valence-corrected chi connectivity index (χ4v) is 3.74. The summed E-state index contributed by atoms with van der Waals surface area (Å²) < 4.78 is 17.4. The minimum Gasteiger partial charge on any atom is -0.493 e. The number of para-hydroxylation sites is 2. The maximum Gasteiger partial charge on any atom is 0.319 e. The molecule has 0 radical (unpaired) electrons. The molecule has 0 aliphatic carbocycles. The van der Waals surface area contributed by atoms with Gasteiger partial charge in [-0.3, -0.25) is 0 Å². The predicted molar refractivity (Wildman–Crippen MR) is 108 cm³/mol. The summed E-state index contributed by atoms with van der Waals surface area (Å²) in [6.07, 6.45) is 2.56. The van der Waals surface area contributed by atoms with Crippen molar-refractivity contribution in [3.63, 3.8) is 0 Å². The van der Waals surface area contributed by atoms with Crippen LogP contribution in [0.5, 0.6) is 17.2 Å². The lowest BCUT2D eigenvalue weighted by Crippen LogP contribution is -2.31. The molecule has 6 nitrogen and oxygen atoms in total. The van der Waals surface area contributed by atoms with E-state index in [1.54, 1.807) is 0 Å². The van der Waals surface area contributed by atoms with E-state index in [2.05, 4.69) is 16.7 Å². The Morgan fingerprint density at radius 1 is 1.18 bits per heavy atom. The van der Waals surface area contributed by atoms with Crippen LogP contribution >= 0.6 is 0 Å². The summed E-state index contributed by atoms with van der Waals surface area (Å²) in [5.41, 5.74) is 4.26. The molecule has 2 N–H and O–H groups in total. The first-order valence-electron chi connectivity index (χ1n) is 9.85. The summed E-state index contributed by atoms with van der Waals surface area (Å²) >= 11 is 0. The van der Waals surface area contributed by atoms with E-state index in [1.807, 2.05) is 38.1 Å². The molecule has 28 heavy (non-hydrogen) atoms. The van der Waals surface area contributed by atoms with Crippen LogP contribution in [0, 0.1) is 0 Å². The molecule has 0 atom stereocenters. The molecule has 0 unspecified atom stereocenters. The van der Waals surface area contributed by atoms with Gasteiger partial charge in [0, 0.05) is 36.1 Å². The van der Waals surface area contributed by atoms with Crippen molar-refractivity contribution in [1.29, 1.82) is 0 Å². The lowest BCUT2D eigenvalue weighted by atomic mass is 9.97. The van der Waals surface area contributed by atoms with Crippen molar-refractivity contribution in [2.75, 3.05) is 25.1 Å². The third-order valence-electron chi connectivity index (χ3n) is 4.92. The molecule has 0 fully saturated rings. The number of amides is 2. The lowest BCUT2D eigenvalue weighted by molar-refractivity contribution is 0.241. The van der Waals surface area contributed by atoms with Gasteiger partial charge in [0.25, 0.3) is 0 Å². The summed E-state index contributed by atoms with van der Waals surface area (Å²) in [5.74, 6) is 2.63. The van der Waals surface area contributed by atoms with Gasteiger partial charge in [-0.05, 0) is 38.5 Å². The molecule has 6 heteroatoms. The first-order chi connectivity index (χ1) is 13.6. The van der Waals surface area contributed by atoms with Crippen molar-refractivity contribution in [2.45, 2.75) is 39.2 Å². The summed E-state index contributed by atoms with van der Waals surface area (Å²) in [6, 6.07) is 9.31. The van der Waals surface area contributed by atoms with Gasteiger partial charge in [0.05, 0.1) is 25.0 Å². The fraction of sp³-hybridized carbons (Fsp3) is 0.409. The minimum absolute atomic E-state index is 0.0375. The second-order valence-electron chi connectivity index (χ2n) is 7.31. The highest BCUT2D eigenvalue weighted by molar-refractivity contribution is 5.90. The molecule has 4 rings (SSSR count). The van der Waals surface area contributed by atoms with Crippen LogP contribution in [0.1, 0.15) is 30.5 Å². The van der Waals surface area contributed by atoms with Crippen LogP contribution in [0.15, 0.2) is 30.3 Å². The normalized spacial score (nSPS) is 14.1. The van der Waals surface area contributed by atoms with E-state index in [0.717, 1.165) is 24.3 Å². The SMILES string of the molecule is CC(C)Oc1ccccc1NC(=O)NCCc1c2c(cc3c1OCC3)OCC2. The van der Waals surface area contributed by atoms with Gasteiger partial charge in [-0.15, -0.1) is 0 Å². The zero-order valence-corrected chi connectivity index (χ0v) is 16.3. The smallest absolute Gasteiger partial charge is 0.319 e. The Balaban J connectivity index is 1.39. The van der Waals surface area contributed by atoms with E-state index in [4.69, 9.17) is 14.2 Å². The summed E-state index contributed by atoms with van der Waals surface area (Å²) in [7, 11) is 0. The maximum atomic E-state index is 12.4. The first kappa shape index (κ1) is 18.5. The van der Waals surface area contributed by atoms with E-state index in [1.165, 1.54) is 16.7 Å². The summed E-state index contributed by atoms with van der Waals surface area (Å²) in [6.45, 7) is 5.86. The number of hydrogen-bond donors (Lipinski definition) is 2. The van der Waals surface area contributed by atoms with Crippen LogP contribution in [0.4, 0.5) is 10.5 Å². The van der Waals surface area contributed by atoms with E-state index >= 15 is 0 Å². The number of rotatable bonds is 6. The molecule has 2 aliphatic rings. The highest BCUT2D eigenvalue weighted by atomic mass is 16.5. The highest BCUT2D eigenvalue weighted by Gasteiger charge is 2.26. The van der Waals surface area contributed by atoms with Gasteiger partial charge in [0.2, 0.25) is 0 Å². The number of carbonyl (C=O) groups excluding carboxylic acids is 1. The van der Waals surface area contributed by atoms with Crippen molar-refractivity contribution in [3.05, 3.63) is 47.0 Å². The second kappa shape index (κ2) is 8.00. The maximum absolute atomic E-state index is 12.4. The van der Waals surface area contributed by atoms with E-state index in [-0.39, 0.29) is 12.1 Å². The largest absolute Gasteiger partial charge is 0.493 e. The van der Waals surface area contributed by atoms with E-state index < -0.39 is 0 Å². The fourth-order valence-electron chi connectivity index (χ4n) is 3.74. The molecular weight excluding hydrogens is 356 g/mol. The molecule has 0 bridgehead atoms. The van der Waals surface area contributed by atoms with Crippen LogP contribution in [0.2, 0.25) is 0 Å². The molecule has 2 heterocycles. The van der Waals surface area contributed by atoms with Crippen LogP contribution < -0.4 is 24.8 Å². The minimum atomic E-state index is -0.249. The standard InChI is InChI=1S/C22H26N2O4/c1-14(2)28-19-6-4-3-5-18(19)24-22(25)23-10-7-17-16-9-12-26-20(16)13-15-8-11-27-21(15)17/h3-6,13-14H,7-12H2,1-2H3,(H2,23,24,25). The third kappa shape index (κ3) is 3.86. The number of hydrogen-bond acceptors (Lipinski definition) is 4. The van der Waals surface area contributed by atoms with Crippen molar-refractivity contribution in [3.8, 4) is 17.2 Å². The molecule has 2 aromatic rings. The molecule has 2 amide bonds. The average molecular weight is 382 g/mol. The molecule has 0 saturated heterocycles. The topological polar surface area (TPSA) is 68.8 Å². The zero-order chi connectivity index (χ0) is 19.5. The zero-order valence-electron chi connectivity index (χ0n) is 16.3. The quantitative estimate of drug-likeness (QED) is 0.799. The van der Waals surface area contributed by atoms with Gasteiger partial charge in [-0.1, -0.05) is 12.1 Å². The first-order valence-corrected chi connectivity index (χ1v) is 9.85. The van der Waals surface area contributed by atoms with Crippen molar-refractivity contribution < 1.29 is 19.0 Å². The van der Waals surface area contributed by atoms with Crippen LogP contribution in [0.25, 0.3) is 0 Å². The lowest BCUT2D eigenvalue weighted by Gasteiger charge is -2.16. The van der Waals surface area contributed by atoms with Gasteiger partial charge in [-0.2, -0.15) is 0 Å². The van der Waals surface area contributed by atoms with Gasteiger partial charge >= 0.3 is 6.03 Å². The number of fused-ring (bicyclic) bond motifs is 2. The van der Waals surface area contributed by atoms with Gasteiger partial charge in [0.1, 0.15) is 17.2 Å². The highest BCUT2D eigenvalue weighted by Crippen LogP contribution is 2.40. The average Bonchev–Trinajstić information content (AvgIpc) is 3.31. The number of urea groups is 1. The Labute approximate surface area is 165 Å². The third-order valence-corrected chi connectivity index (χ3v) is 4.92. The Hall–Kier alpha value is -2.89. The molecule has 2 aromatic carbocycles. The Morgan fingerprint density at radius 3 is 2.86 bits per heavy atom. The molecule has 0 aromatic heterocycles. The second-order valence-corrected chi connectivity index (χ2v) is 7.31. The van der Waals surface area contributed by atoms with Crippen molar-refractivity contribution in [2.24, 2.45) is 0 Å². The van der Waals surface area contributed by atoms with Gasteiger partial charge < -0.3 is 24.8 Å². The number of anilines is 1. The Bertz CT molecular complexity index is 847. The molecule has 0 spiro atoms. The van der Waals surface area contributed by atoms with Gasteiger partial charge in [-0.25, -0.2) is 4.79 Å². The van der Waals surface area contributed by atoms with Crippen LogP contribution in [-0.4, -0.2) is 31.9 Å². The number of nitrogens with one attached hydrogen (secondary N) is 2. The van der Waals surface area contributed by atoms with Crippen LogP contribution in [-0.2, 0) is 19.3 Å². The Morgan fingerprint density at radius 2 is 2.00 bits per heavy atom. The van der Waals surface area contributed by atoms with Gasteiger partial charge in [0.15, 0.2) is 0 Å². The molecule has 148 valence electrons. The summed E-state index contributed by atoms with van der Waals surface area (Å²) in [4.78, 5) is 12.4. The monoisotopic (exact) mass is 382 g/mol. The molecule has 0 saturated carbocycles. The molecule has 2 aliphatic heterocycles. The predicted octanol–water partition coefficient (Wildman–Crippen LogP) is 3.71. The van der Waals surface area contributed by atoms with E-state index in [0.29, 0.717) is 37.6 Å². The number of ether oxygens (including phenoxy) is 3. The van der Waals surface area contributed by atoms with Crippen LogP contribution in [0.3, 0.4) is 0 Å². The summed E-state index contributed by atoms with van der Waals surface area (Å²) in [5, 5.41) is 5.82. The number of benzene rings is 2. The van der Waals surface area contributed by atoms with Crippen molar-refractivity contribution in [1.82, 2.24) is 5.32 Å². The van der Waals surface area contributed by atoms with Crippen molar-refractivity contribution >= 4 is 11.7 Å². The van der Waals surface area contributed by atoms with E-state index in [9.17, 15) is 4.79 Å². The number of carbonyl (C=O) groups is 1.